The van der Waals surface area contributed by atoms with Crippen molar-refractivity contribution >= 4 is 11.9 Å². The number of esters is 1. The molecule has 0 aromatic rings. The Morgan fingerprint density at radius 1 is 1.25 bits per heavy atom. The van der Waals surface area contributed by atoms with E-state index in [1.165, 1.54) is 7.11 Å². The van der Waals surface area contributed by atoms with E-state index in [0.717, 1.165) is 13.1 Å². The molecular formula is C11H20N2O3. The molecule has 0 spiro atoms. The molecule has 1 aliphatic rings. The molecule has 16 heavy (non-hydrogen) atoms. The zero-order valence-electron chi connectivity index (χ0n) is 10.2. The van der Waals surface area contributed by atoms with Gasteiger partial charge in [-0.2, -0.15) is 0 Å². The zero-order valence-corrected chi connectivity index (χ0v) is 10.2. The molecule has 0 saturated carbocycles. The summed E-state index contributed by atoms with van der Waals surface area (Å²) < 4.78 is 4.64. The van der Waals surface area contributed by atoms with Gasteiger partial charge in [0, 0.05) is 26.2 Å². The number of hydrogen-bond donors (Lipinski definition) is 0. The average Bonchev–Trinajstić information content (AvgIpc) is 2.30. The van der Waals surface area contributed by atoms with Crippen LogP contribution in [0.5, 0.6) is 0 Å². The molecule has 1 fully saturated rings. The summed E-state index contributed by atoms with van der Waals surface area (Å²) in [5, 5.41) is 0. The third-order valence-electron chi connectivity index (χ3n) is 3.01. The Balaban J connectivity index is 2.58. The molecule has 1 unspecified atom stereocenters. The van der Waals surface area contributed by atoms with Crippen LogP contribution in [0.1, 0.15) is 13.3 Å². The van der Waals surface area contributed by atoms with E-state index >= 15 is 0 Å². The van der Waals surface area contributed by atoms with Crippen LogP contribution in [0.25, 0.3) is 0 Å². The van der Waals surface area contributed by atoms with Crippen LogP contribution in [-0.2, 0) is 14.3 Å². The Bertz CT molecular complexity index is 260. The van der Waals surface area contributed by atoms with Crippen LogP contribution in [0.15, 0.2) is 0 Å². The molecule has 0 N–H and O–H groups in total. The van der Waals surface area contributed by atoms with Crippen LogP contribution >= 0.6 is 0 Å². The highest BCUT2D eigenvalue weighted by Crippen LogP contribution is 2.11. The molecule has 0 aromatic heterocycles. The van der Waals surface area contributed by atoms with Gasteiger partial charge >= 0.3 is 5.97 Å². The highest BCUT2D eigenvalue weighted by atomic mass is 16.5. The van der Waals surface area contributed by atoms with Crippen molar-refractivity contribution in [1.82, 2.24) is 9.80 Å². The van der Waals surface area contributed by atoms with Crippen LogP contribution in [-0.4, -0.2) is 62.0 Å². The topological polar surface area (TPSA) is 49.9 Å². The van der Waals surface area contributed by atoms with Crippen LogP contribution in [0, 0.1) is 5.92 Å². The van der Waals surface area contributed by atoms with Crippen molar-refractivity contribution in [2.24, 2.45) is 5.92 Å². The van der Waals surface area contributed by atoms with E-state index in [-0.39, 0.29) is 5.91 Å². The number of carbonyl (C=O) groups is 2. The lowest BCUT2D eigenvalue weighted by Gasteiger charge is -2.33. The summed E-state index contributed by atoms with van der Waals surface area (Å²) in [5.74, 6) is -1.15. The molecule has 0 bridgehead atoms. The molecule has 5 heteroatoms. The Labute approximate surface area is 96.3 Å². The first kappa shape index (κ1) is 13.0. The minimum atomic E-state index is -0.631. The van der Waals surface area contributed by atoms with Gasteiger partial charge in [-0.05, 0) is 13.5 Å². The molecule has 0 aliphatic carbocycles. The SMILES string of the molecule is CCC(C(=O)OC)C(=O)N1CCN(C)CC1. The van der Waals surface area contributed by atoms with Crippen molar-refractivity contribution in [3.8, 4) is 0 Å². The van der Waals surface area contributed by atoms with E-state index in [2.05, 4.69) is 9.64 Å². The molecule has 1 amide bonds. The van der Waals surface area contributed by atoms with Gasteiger partial charge in [-0.15, -0.1) is 0 Å². The summed E-state index contributed by atoms with van der Waals surface area (Å²) >= 11 is 0. The van der Waals surface area contributed by atoms with Gasteiger partial charge in [0.05, 0.1) is 7.11 Å². The van der Waals surface area contributed by atoms with Gasteiger partial charge in [0.2, 0.25) is 5.91 Å². The molecular weight excluding hydrogens is 208 g/mol. The van der Waals surface area contributed by atoms with Crippen molar-refractivity contribution in [2.75, 3.05) is 40.3 Å². The van der Waals surface area contributed by atoms with Crippen molar-refractivity contribution in [2.45, 2.75) is 13.3 Å². The molecule has 0 radical (unpaired) electrons. The fraction of sp³-hybridized carbons (Fsp3) is 0.818. The number of ether oxygens (including phenoxy) is 1. The fourth-order valence-corrected chi connectivity index (χ4v) is 1.83. The van der Waals surface area contributed by atoms with Gasteiger partial charge in [0.25, 0.3) is 0 Å². The highest BCUT2D eigenvalue weighted by molar-refractivity contribution is 5.97. The predicted molar refractivity (Wildman–Crippen MR) is 59.9 cm³/mol. The number of hydrogen-bond acceptors (Lipinski definition) is 4. The Morgan fingerprint density at radius 2 is 1.81 bits per heavy atom. The Hall–Kier alpha value is -1.10. The maximum atomic E-state index is 12.0. The first-order valence-electron chi connectivity index (χ1n) is 5.65. The monoisotopic (exact) mass is 228 g/mol. The third kappa shape index (κ3) is 2.95. The maximum absolute atomic E-state index is 12.0. The highest BCUT2D eigenvalue weighted by Gasteiger charge is 2.31. The number of likely N-dealkylation sites (N-methyl/N-ethyl adjacent to an activating group) is 1. The second-order valence-electron chi connectivity index (χ2n) is 4.11. The summed E-state index contributed by atoms with van der Waals surface area (Å²) in [4.78, 5) is 27.4. The van der Waals surface area contributed by atoms with E-state index in [1.54, 1.807) is 4.90 Å². The van der Waals surface area contributed by atoms with Crippen molar-refractivity contribution in [1.29, 1.82) is 0 Å². The van der Waals surface area contributed by atoms with E-state index in [4.69, 9.17) is 0 Å². The zero-order chi connectivity index (χ0) is 12.1. The molecule has 5 nitrogen and oxygen atoms in total. The minimum absolute atomic E-state index is 0.0950. The summed E-state index contributed by atoms with van der Waals surface area (Å²) in [6.07, 6.45) is 0.498. The maximum Gasteiger partial charge on any atom is 0.318 e. The molecule has 1 rings (SSSR count). The first-order chi connectivity index (χ1) is 7.60. The molecule has 1 atom stereocenters. The second kappa shape index (κ2) is 5.84. The lowest BCUT2D eigenvalue weighted by atomic mass is 10.0. The second-order valence-corrected chi connectivity index (χ2v) is 4.11. The molecule has 1 saturated heterocycles. The minimum Gasteiger partial charge on any atom is -0.468 e. The van der Waals surface area contributed by atoms with Gasteiger partial charge < -0.3 is 14.5 Å². The van der Waals surface area contributed by atoms with Gasteiger partial charge in [-0.25, -0.2) is 0 Å². The number of carbonyl (C=O) groups excluding carboxylic acids is 2. The number of rotatable bonds is 3. The van der Waals surface area contributed by atoms with Crippen molar-refractivity contribution in [3.63, 3.8) is 0 Å². The van der Waals surface area contributed by atoms with E-state index in [1.807, 2.05) is 14.0 Å². The number of piperazine rings is 1. The van der Waals surface area contributed by atoms with E-state index in [9.17, 15) is 9.59 Å². The summed E-state index contributed by atoms with van der Waals surface area (Å²) in [7, 11) is 3.35. The van der Waals surface area contributed by atoms with Gasteiger partial charge in [-0.1, -0.05) is 6.92 Å². The largest absolute Gasteiger partial charge is 0.468 e. The molecule has 0 aromatic carbocycles. The predicted octanol–water partition coefficient (Wildman–Crippen LogP) is -0.0404. The number of methoxy groups -OCH3 is 1. The quantitative estimate of drug-likeness (QED) is 0.502. The average molecular weight is 228 g/mol. The molecule has 1 heterocycles. The fourth-order valence-electron chi connectivity index (χ4n) is 1.83. The smallest absolute Gasteiger partial charge is 0.318 e. The Morgan fingerprint density at radius 3 is 2.25 bits per heavy atom. The van der Waals surface area contributed by atoms with Crippen molar-refractivity contribution < 1.29 is 14.3 Å². The van der Waals surface area contributed by atoms with E-state index in [0.29, 0.717) is 19.5 Å². The van der Waals surface area contributed by atoms with Crippen LogP contribution < -0.4 is 0 Å². The van der Waals surface area contributed by atoms with Crippen LogP contribution in [0.3, 0.4) is 0 Å². The number of amides is 1. The summed E-state index contributed by atoms with van der Waals surface area (Å²) in [6.45, 7) is 4.95. The van der Waals surface area contributed by atoms with Gasteiger partial charge in [0.1, 0.15) is 5.92 Å². The van der Waals surface area contributed by atoms with Crippen LogP contribution in [0.4, 0.5) is 0 Å². The first-order valence-corrected chi connectivity index (χ1v) is 5.65. The van der Waals surface area contributed by atoms with Crippen molar-refractivity contribution in [3.05, 3.63) is 0 Å². The lowest BCUT2D eigenvalue weighted by molar-refractivity contribution is -0.154. The third-order valence-corrected chi connectivity index (χ3v) is 3.01. The van der Waals surface area contributed by atoms with Gasteiger partial charge in [-0.3, -0.25) is 9.59 Å². The number of nitrogens with zero attached hydrogens (tertiary/aromatic N) is 2. The lowest BCUT2D eigenvalue weighted by Crippen LogP contribution is -2.50. The Kier molecular flexibility index (Phi) is 4.73. The van der Waals surface area contributed by atoms with Gasteiger partial charge in [0.15, 0.2) is 0 Å². The normalized spacial score (nSPS) is 19.3. The summed E-state index contributed by atoms with van der Waals surface area (Å²) in [5.41, 5.74) is 0. The standard InChI is InChI=1S/C11H20N2O3/c1-4-9(11(15)16-3)10(14)13-7-5-12(2)6-8-13/h9H,4-8H2,1-3H3. The van der Waals surface area contributed by atoms with E-state index < -0.39 is 11.9 Å². The molecule has 1 aliphatic heterocycles. The molecule has 92 valence electrons. The summed E-state index contributed by atoms with van der Waals surface area (Å²) in [6, 6.07) is 0. The van der Waals surface area contributed by atoms with Crippen LogP contribution in [0.2, 0.25) is 0 Å².